The molecule has 0 radical (unpaired) electrons. The largest absolute Gasteiger partial charge is 0.377 e. The molecule has 6 heteroatoms. The molecule has 1 unspecified atom stereocenters. The minimum Gasteiger partial charge on any atom is -0.377 e. The van der Waals surface area contributed by atoms with Gasteiger partial charge in [-0.25, -0.2) is 4.39 Å². The highest BCUT2D eigenvalue weighted by Gasteiger charge is 2.14. The van der Waals surface area contributed by atoms with Crippen LogP contribution >= 0.6 is 34.8 Å². The van der Waals surface area contributed by atoms with E-state index in [2.05, 4.69) is 5.32 Å². The van der Waals surface area contributed by atoms with Crippen molar-refractivity contribution in [3.63, 3.8) is 0 Å². The SMILES string of the molecule is CC(Nc1ccc(C#N)cc1Cl)c1cc(F)c(Cl)cc1Cl. The van der Waals surface area contributed by atoms with Gasteiger partial charge in [-0.15, -0.1) is 0 Å². The Balaban J connectivity index is 2.28. The van der Waals surface area contributed by atoms with Crippen LogP contribution in [0.3, 0.4) is 0 Å². The van der Waals surface area contributed by atoms with E-state index in [-0.39, 0.29) is 11.1 Å². The molecule has 0 amide bonds. The number of anilines is 1. The van der Waals surface area contributed by atoms with Gasteiger partial charge in [0.05, 0.1) is 33.4 Å². The van der Waals surface area contributed by atoms with E-state index in [1.165, 1.54) is 12.1 Å². The Kier molecular flexibility index (Phi) is 4.95. The van der Waals surface area contributed by atoms with Crippen LogP contribution in [-0.4, -0.2) is 0 Å². The fourth-order valence-electron chi connectivity index (χ4n) is 1.88. The molecule has 0 saturated heterocycles. The third kappa shape index (κ3) is 3.59. The minimum atomic E-state index is -0.532. The fourth-order valence-corrected chi connectivity index (χ4v) is 2.66. The zero-order valence-electron chi connectivity index (χ0n) is 10.9. The first-order valence-electron chi connectivity index (χ1n) is 6.03. The zero-order valence-corrected chi connectivity index (χ0v) is 13.2. The van der Waals surface area contributed by atoms with E-state index < -0.39 is 5.82 Å². The summed E-state index contributed by atoms with van der Waals surface area (Å²) < 4.78 is 13.6. The van der Waals surface area contributed by atoms with Crippen LogP contribution in [0.5, 0.6) is 0 Å². The van der Waals surface area contributed by atoms with E-state index in [0.717, 1.165) is 0 Å². The van der Waals surface area contributed by atoms with Crippen LogP contribution in [0.2, 0.25) is 15.1 Å². The highest BCUT2D eigenvalue weighted by atomic mass is 35.5. The van der Waals surface area contributed by atoms with Crippen molar-refractivity contribution in [3.05, 3.63) is 62.3 Å². The third-order valence-corrected chi connectivity index (χ3v) is 3.91. The number of nitriles is 1. The van der Waals surface area contributed by atoms with Gasteiger partial charge in [0.25, 0.3) is 0 Å². The fraction of sp³-hybridized carbons (Fsp3) is 0.133. The van der Waals surface area contributed by atoms with Crippen LogP contribution in [0.15, 0.2) is 30.3 Å². The normalized spacial score (nSPS) is 11.8. The van der Waals surface area contributed by atoms with Crippen LogP contribution in [0, 0.1) is 17.1 Å². The Morgan fingerprint density at radius 3 is 2.43 bits per heavy atom. The summed E-state index contributed by atoms with van der Waals surface area (Å²) in [4.78, 5) is 0. The van der Waals surface area contributed by atoms with Crippen LogP contribution < -0.4 is 5.32 Å². The quantitative estimate of drug-likeness (QED) is 0.712. The third-order valence-electron chi connectivity index (χ3n) is 2.98. The van der Waals surface area contributed by atoms with Gasteiger partial charge in [-0.3, -0.25) is 0 Å². The molecule has 0 aliphatic carbocycles. The number of hydrogen-bond acceptors (Lipinski definition) is 2. The second-order valence-electron chi connectivity index (χ2n) is 4.46. The van der Waals surface area contributed by atoms with Gasteiger partial charge < -0.3 is 5.32 Å². The summed E-state index contributed by atoms with van der Waals surface area (Å²) in [5, 5.41) is 12.7. The Morgan fingerprint density at radius 2 is 1.81 bits per heavy atom. The van der Waals surface area contributed by atoms with Crippen molar-refractivity contribution in [1.29, 1.82) is 5.26 Å². The first-order chi connectivity index (χ1) is 9.92. The molecule has 0 saturated carbocycles. The topological polar surface area (TPSA) is 35.8 Å². The molecule has 21 heavy (non-hydrogen) atoms. The van der Waals surface area contributed by atoms with E-state index in [4.69, 9.17) is 40.1 Å². The molecule has 0 bridgehead atoms. The van der Waals surface area contributed by atoms with Gasteiger partial charge in [0.15, 0.2) is 0 Å². The second kappa shape index (κ2) is 6.53. The van der Waals surface area contributed by atoms with Crippen molar-refractivity contribution in [2.75, 3.05) is 5.32 Å². The molecule has 1 N–H and O–H groups in total. The molecule has 1 atom stereocenters. The number of halogens is 4. The highest BCUT2D eigenvalue weighted by Crippen LogP contribution is 2.32. The second-order valence-corrected chi connectivity index (χ2v) is 5.68. The lowest BCUT2D eigenvalue weighted by Gasteiger charge is -2.18. The maximum atomic E-state index is 13.6. The molecule has 2 aromatic carbocycles. The zero-order chi connectivity index (χ0) is 15.6. The lowest BCUT2D eigenvalue weighted by Crippen LogP contribution is -2.08. The first kappa shape index (κ1) is 15.9. The Morgan fingerprint density at radius 1 is 1.10 bits per heavy atom. The molecule has 0 aliphatic rings. The summed E-state index contributed by atoms with van der Waals surface area (Å²) in [6.45, 7) is 1.82. The predicted octanol–water partition coefficient (Wildman–Crippen LogP) is 5.83. The van der Waals surface area contributed by atoms with E-state index in [1.54, 1.807) is 18.2 Å². The van der Waals surface area contributed by atoms with Crippen molar-refractivity contribution in [3.8, 4) is 6.07 Å². The van der Waals surface area contributed by atoms with Crippen LogP contribution in [0.1, 0.15) is 24.1 Å². The maximum Gasteiger partial charge on any atom is 0.142 e. The lowest BCUT2D eigenvalue weighted by molar-refractivity contribution is 0.624. The molecular weight excluding hydrogens is 334 g/mol. The van der Waals surface area contributed by atoms with Gasteiger partial charge in [-0.2, -0.15) is 5.26 Å². The van der Waals surface area contributed by atoms with E-state index in [1.807, 2.05) is 13.0 Å². The van der Waals surface area contributed by atoms with Crippen molar-refractivity contribution in [2.45, 2.75) is 13.0 Å². The molecule has 0 aromatic heterocycles. The molecule has 0 spiro atoms. The maximum absolute atomic E-state index is 13.6. The highest BCUT2D eigenvalue weighted by molar-refractivity contribution is 6.35. The van der Waals surface area contributed by atoms with Gasteiger partial charge in [0.2, 0.25) is 0 Å². The van der Waals surface area contributed by atoms with Crippen LogP contribution in [0.25, 0.3) is 0 Å². The molecule has 108 valence electrons. The molecule has 2 rings (SSSR count). The standard InChI is InChI=1S/C15H10Cl3FN2/c1-8(10-5-14(19)12(17)6-11(10)16)21-15-3-2-9(7-20)4-13(15)18/h2-6,8,21H,1H3. The average molecular weight is 344 g/mol. The minimum absolute atomic E-state index is 0.0210. The monoisotopic (exact) mass is 342 g/mol. The summed E-state index contributed by atoms with van der Waals surface area (Å²) in [7, 11) is 0. The molecule has 0 heterocycles. The number of benzene rings is 2. The smallest absolute Gasteiger partial charge is 0.142 e. The van der Waals surface area contributed by atoms with Crippen molar-refractivity contribution < 1.29 is 4.39 Å². The number of rotatable bonds is 3. The van der Waals surface area contributed by atoms with E-state index >= 15 is 0 Å². The predicted molar refractivity (Wildman–Crippen MR) is 84.6 cm³/mol. The van der Waals surface area contributed by atoms with Crippen molar-refractivity contribution >= 4 is 40.5 Å². The van der Waals surface area contributed by atoms with Crippen molar-refractivity contribution in [1.82, 2.24) is 0 Å². The Bertz CT molecular complexity index is 726. The molecular formula is C15H10Cl3FN2. The molecule has 2 nitrogen and oxygen atoms in total. The summed E-state index contributed by atoms with van der Waals surface area (Å²) in [6.07, 6.45) is 0. The average Bonchev–Trinajstić information content (AvgIpc) is 2.44. The number of hydrogen-bond donors (Lipinski definition) is 1. The van der Waals surface area contributed by atoms with Gasteiger partial charge in [-0.1, -0.05) is 34.8 Å². The molecule has 0 aliphatic heterocycles. The van der Waals surface area contributed by atoms with Gasteiger partial charge in [0, 0.05) is 5.02 Å². The molecule has 0 fully saturated rings. The van der Waals surface area contributed by atoms with Crippen molar-refractivity contribution in [2.24, 2.45) is 0 Å². The summed E-state index contributed by atoms with van der Waals surface area (Å²) >= 11 is 17.9. The molecule has 2 aromatic rings. The van der Waals surface area contributed by atoms with Gasteiger partial charge >= 0.3 is 0 Å². The number of nitrogens with zero attached hydrogens (tertiary/aromatic N) is 1. The van der Waals surface area contributed by atoms with Crippen LogP contribution in [0.4, 0.5) is 10.1 Å². The van der Waals surface area contributed by atoms with Gasteiger partial charge in [-0.05, 0) is 42.8 Å². The number of nitrogens with one attached hydrogen (secondary N) is 1. The van der Waals surface area contributed by atoms with E-state index in [0.29, 0.717) is 26.9 Å². The Hall–Kier alpha value is -1.47. The first-order valence-corrected chi connectivity index (χ1v) is 7.16. The van der Waals surface area contributed by atoms with E-state index in [9.17, 15) is 4.39 Å². The summed E-state index contributed by atoms with van der Waals surface area (Å²) in [5.74, 6) is -0.532. The lowest BCUT2D eigenvalue weighted by atomic mass is 10.1. The summed E-state index contributed by atoms with van der Waals surface area (Å²) in [6, 6.07) is 9.27. The van der Waals surface area contributed by atoms with Gasteiger partial charge in [0.1, 0.15) is 5.82 Å². The Labute approximate surface area is 137 Å². The van der Waals surface area contributed by atoms with Crippen LogP contribution in [-0.2, 0) is 0 Å². The summed E-state index contributed by atoms with van der Waals surface area (Å²) in [5.41, 5.74) is 1.67.